The van der Waals surface area contributed by atoms with E-state index in [1.165, 1.54) is 6.07 Å². The normalized spacial score (nSPS) is 16.6. The van der Waals surface area contributed by atoms with Crippen LogP contribution in [0, 0.1) is 12.7 Å². The van der Waals surface area contributed by atoms with E-state index in [-0.39, 0.29) is 12.2 Å². The molecule has 0 saturated heterocycles. The molecule has 0 aliphatic carbocycles. The van der Waals surface area contributed by atoms with E-state index >= 15 is 0 Å². The van der Waals surface area contributed by atoms with Crippen LogP contribution in [0.25, 0.3) is 0 Å². The van der Waals surface area contributed by atoms with Gasteiger partial charge in [-0.2, -0.15) is 0 Å². The third-order valence-corrected chi connectivity index (χ3v) is 3.40. The molecular formula is C16H13FO4. The summed E-state index contributed by atoms with van der Waals surface area (Å²) in [5.41, 5.74) is 1.73. The average molecular weight is 288 g/mol. The Balaban J connectivity index is 2.19. The second-order valence-corrected chi connectivity index (χ2v) is 4.86. The Hall–Kier alpha value is -2.56. The molecule has 0 fully saturated rings. The van der Waals surface area contributed by atoms with Gasteiger partial charge in [-0.05, 0) is 30.2 Å². The van der Waals surface area contributed by atoms with E-state index in [4.69, 9.17) is 9.47 Å². The maximum atomic E-state index is 14.1. The summed E-state index contributed by atoms with van der Waals surface area (Å²) in [6.07, 6.45) is -1.23. The average Bonchev–Trinajstić information content (AvgIpc) is 2.43. The number of hydrogen-bond acceptors (Lipinski definition) is 3. The summed E-state index contributed by atoms with van der Waals surface area (Å²) in [6, 6.07) is 9.87. The maximum absolute atomic E-state index is 14.1. The van der Waals surface area contributed by atoms with E-state index < -0.39 is 18.1 Å². The lowest BCUT2D eigenvalue weighted by atomic mass is 10.00. The topological polar surface area (TPSA) is 55.8 Å². The maximum Gasteiger partial charge on any atom is 0.387 e. The number of carboxylic acids is 1. The van der Waals surface area contributed by atoms with Crippen LogP contribution in [0.4, 0.5) is 4.39 Å². The number of benzene rings is 2. The van der Waals surface area contributed by atoms with Gasteiger partial charge in [-0.15, -0.1) is 0 Å². The zero-order valence-corrected chi connectivity index (χ0v) is 11.3. The molecule has 0 radical (unpaired) electrons. The van der Waals surface area contributed by atoms with Gasteiger partial charge in [-0.3, -0.25) is 0 Å². The van der Waals surface area contributed by atoms with Gasteiger partial charge in [0.15, 0.2) is 0 Å². The number of aryl methyl sites for hydroxylation is 1. The van der Waals surface area contributed by atoms with Gasteiger partial charge in [-0.1, -0.05) is 24.3 Å². The van der Waals surface area contributed by atoms with E-state index in [1.54, 1.807) is 37.3 Å². The van der Waals surface area contributed by atoms with Crippen molar-refractivity contribution in [2.45, 2.75) is 19.6 Å². The Kier molecular flexibility index (Phi) is 3.25. The molecule has 0 aromatic heterocycles. The van der Waals surface area contributed by atoms with Crippen LogP contribution in [-0.2, 0) is 11.2 Å². The molecule has 0 spiro atoms. The minimum atomic E-state index is -1.51. The number of fused-ring (bicyclic) bond motifs is 2. The zero-order valence-electron chi connectivity index (χ0n) is 11.3. The molecule has 108 valence electrons. The number of rotatable bonds is 1. The highest BCUT2D eigenvalue weighted by atomic mass is 19.1. The van der Waals surface area contributed by atoms with Crippen molar-refractivity contribution < 1.29 is 23.8 Å². The van der Waals surface area contributed by atoms with Gasteiger partial charge < -0.3 is 14.6 Å². The number of carboxylic acid groups (broad SMARTS) is 1. The third-order valence-electron chi connectivity index (χ3n) is 3.40. The van der Waals surface area contributed by atoms with Crippen LogP contribution in [0.3, 0.4) is 0 Å². The molecule has 5 heteroatoms. The molecule has 1 atom stereocenters. The second-order valence-electron chi connectivity index (χ2n) is 4.86. The Bertz CT molecular complexity index is 711. The summed E-state index contributed by atoms with van der Waals surface area (Å²) in [5, 5.41) is 9.22. The molecule has 2 aromatic carbocycles. The highest BCUT2D eigenvalue weighted by Gasteiger charge is 2.28. The summed E-state index contributed by atoms with van der Waals surface area (Å²) >= 11 is 0. The van der Waals surface area contributed by atoms with Crippen molar-refractivity contribution in [1.29, 1.82) is 0 Å². The van der Waals surface area contributed by atoms with Crippen LogP contribution < -0.4 is 9.47 Å². The number of para-hydroxylation sites is 1. The molecule has 1 aliphatic heterocycles. The number of hydrogen-bond donors (Lipinski definition) is 1. The summed E-state index contributed by atoms with van der Waals surface area (Å²) in [4.78, 5) is 11.3. The lowest BCUT2D eigenvalue weighted by Gasteiger charge is -2.25. The zero-order chi connectivity index (χ0) is 15.0. The summed E-state index contributed by atoms with van der Waals surface area (Å²) in [7, 11) is 0. The first-order valence-corrected chi connectivity index (χ1v) is 6.48. The van der Waals surface area contributed by atoms with E-state index in [2.05, 4.69) is 0 Å². The van der Waals surface area contributed by atoms with Gasteiger partial charge >= 0.3 is 12.3 Å². The Labute approximate surface area is 120 Å². The van der Waals surface area contributed by atoms with Crippen LogP contribution in [0.1, 0.15) is 16.7 Å². The van der Waals surface area contributed by atoms with Gasteiger partial charge in [0.1, 0.15) is 17.3 Å². The first kappa shape index (κ1) is 13.4. The highest BCUT2D eigenvalue weighted by Crippen LogP contribution is 2.34. The Morgan fingerprint density at radius 3 is 2.76 bits per heavy atom. The molecule has 1 N–H and O–H groups in total. The van der Waals surface area contributed by atoms with Crippen molar-refractivity contribution in [3.05, 3.63) is 58.9 Å². The minimum absolute atomic E-state index is 0.233. The predicted molar refractivity (Wildman–Crippen MR) is 73.1 cm³/mol. The first-order valence-electron chi connectivity index (χ1n) is 6.48. The van der Waals surface area contributed by atoms with E-state index in [1.807, 2.05) is 0 Å². The van der Waals surface area contributed by atoms with Gasteiger partial charge in [0.05, 0.1) is 0 Å². The Morgan fingerprint density at radius 2 is 2.00 bits per heavy atom. The van der Waals surface area contributed by atoms with Gasteiger partial charge in [0, 0.05) is 12.0 Å². The Morgan fingerprint density at radius 1 is 1.24 bits per heavy atom. The molecule has 0 bridgehead atoms. The number of aliphatic carboxylic acids is 1. The molecule has 2 aromatic rings. The van der Waals surface area contributed by atoms with Crippen molar-refractivity contribution in [1.82, 2.24) is 0 Å². The molecule has 0 saturated carbocycles. The van der Waals surface area contributed by atoms with Crippen LogP contribution in [0.5, 0.6) is 11.5 Å². The van der Waals surface area contributed by atoms with Crippen molar-refractivity contribution in [2.75, 3.05) is 0 Å². The van der Waals surface area contributed by atoms with Gasteiger partial charge in [-0.25, -0.2) is 9.18 Å². The molecule has 1 aliphatic rings. The lowest BCUT2D eigenvalue weighted by molar-refractivity contribution is -0.158. The molecule has 0 amide bonds. The lowest BCUT2D eigenvalue weighted by Crippen LogP contribution is -2.35. The minimum Gasteiger partial charge on any atom is -0.476 e. The van der Waals surface area contributed by atoms with Crippen LogP contribution in [-0.4, -0.2) is 17.4 Å². The SMILES string of the molecule is Cc1ccc(F)c2c1OC(C(=O)O)Oc1ccccc1C2. The number of ether oxygens (including phenoxy) is 2. The largest absolute Gasteiger partial charge is 0.476 e. The first-order chi connectivity index (χ1) is 10.1. The summed E-state index contributed by atoms with van der Waals surface area (Å²) in [6.45, 7) is 1.74. The van der Waals surface area contributed by atoms with Crippen molar-refractivity contribution >= 4 is 5.97 Å². The van der Waals surface area contributed by atoms with Crippen molar-refractivity contribution in [2.24, 2.45) is 0 Å². The monoisotopic (exact) mass is 288 g/mol. The van der Waals surface area contributed by atoms with Crippen LogP contribution in [0.2, 0.25) is 0 Å². The van der Waals surface area contributed by atoms with E-state index in [0.29, 0.717) is 16.9 Å². The second kappa shape index (κ2) is 5.09. The third kappa shape index (κ3) is 2.42. The summed E-state index contributed by atoms with van der Waals surface area (Å²) < 4.78 is 24.9. The standard InChI is InChI=1S/C16H13FO4/c1-9-6-7-12(17)11-8-10-4-2-3-5-13(10)20-16(15(18)19)21-14(9)11/h2-7,16H,8H2,1H3,(H,18,19). The fourth-order valence-corrected chi connectivity index (χ4v) is 2.35. The molecule has 21 heavy (non-hydrogen) atoms. The molecule has 1 unspecified atom stereocenters. The number of halogens is 1. The molecule has 4 nitrogen and oxygen atoms in total. The molecule has 1 heterocycles. The summed E-state index contributed by atoms with van der Waals surface area (Å²) in [5.74, 6) is -1.06. The van der Waals surface area contributed by atoms with Crippen LogP contribution in [0.15, 0.2) is 36.4 Å². The van der Waals surface area contributed by atoms with Gasteiger partial charge in [0.2, 0.25) is 0 Å². The van der Waals surface area contributed by atoms with Crippen molar-refractivity contribution in [3.8, 4) is 11.5 Å². The van der Waals surface area contributed by atoms with E-state index in [0.717, 1.165) is 5.56 Å². The smallest absolute Gasteiger partial charge is 0.387 e. The van der Waals surface area contributed by atoms with Gasteiger partial charge in [0.25, 0.3) is 0 Å². The predicted octanol–water partition coefficient (Wildman–Crippen LogP) is 2.91. The number of carbonyl (C=O) groups is 1. The fraction of sp³-hybridized carbons (Fsp3) is 0.188. The molecule has 3 rings (SSSR count). The van der Waals surface area contributed by atoms with E-state index in [9.17, 15) is 14.3 Å². The molecular weight excluding hydrogens is 275 g/mol. The fourth-order valence-electron chi connectivity index (χ4n) is 2.35. The quantitative estimate of drug-likeness (QED) is 0.876. The van der Waals surface area contributed by atoms with Crippen molar-refractivity contribution in [3.63, 3.8) is 0 Å². The van der Waals surface area contributed by atoms with Crippen LogP contribution >= 0.6 is 0 Å². The highest BCUT2D eigenvalue weighted by molar-refractivity contribution is 5.72.